The van der Waals surface area contributed by atoms with Crippen molar-refractivity contribution in [3.05, 3.63) is 23.4 Å². The Labute approximate surface area is 130 Å². The number of hydrogen-bond acceptors (Lipinski definition) is 6. The zero-order valence-corrected chi connectivity index (χ0v) is 13.5. The van der Waals surface area contributed by atoms with Gasteiger partial charge in [-0.1, -0.05) is 12.1 Å². The van der Waals surface area contributed by atoms with E-state index in [9.17, 15) is 0 Å². The number of aryl methyl sites for hydroxylation is 2. The van der Waals surface area contributed by atoms with E-state index in [4.69, 9.17) is 4.52 Å². The minimum atomic E-state index is -0.00959. The average Bonchev–Trinajstić information content (AvgIpc) is 3.14. The summed E-state index contributed by atoms with van der Waals surface area (Å²) in [5.74, 6) is 3.51. The van der Waals surface area contributed by atoms with Gasteiger partial charge in [-0.15, -0.1) is 10.2 Å². The van der Waals surface area contributed by atoms with E-state index in [1.165, 1.54) is 12.8 Å². The number of hydrogen-bond donors (Lipinski definition) is 1. The zero-order chi connectivity index (χ0) is 15.5. The molecule has 2 atom stereocenters. The number of fused-ring (bicyclic) bond motifs is 1. The Kier molecular flexibility index (Phi) is 4.52. The van der Waals surface area contributed by atoms with E-state index in [1.807, 2.05) is 6.92 Å². The predicted octanol–water partition coefficient (Wildman–Crippen LogP) is 2.36. The third kappa shape index (κ3) is 3.04. The first-order chi connectivity index (χ1) is 10.7. The van der Waals surface area contributed by atoms with Crippen molar-refractivity contribution in [2.45, 2.75) is 71.5 Å². The smallest absolute Gasteiger partial charge is 0.243 e. The van der Waals surface area contributed by atoms with Gasteiger partial charge in [-0.2, -0.15) is 4.98 Å². The summed E-state index contributed by atoms with van der Waals surface area (Å²) >= 11 is 0. The summed E-state index contributed by atoms with van der Waals surface area (Å²) in [6.45, 7) is 7.26. The molecule has 7 heteroatoms. The van der Waals surface area contributed by atoms with E-state index in [0.29, 0.717) is 5.89 Å². The van der Waals surface area contributed by atoms with E-state index in [1.54, 1.807) is 0 Å². The molecule has 0 spiro atoms. The molecule has 0 saturated heterocycles. The Morgan fingerprint density at radius 3 is 2.91 bits per heavy atom. The Hall–Kier alpha value is -1.76. The van der Waals surface area contributed by atoms with Gasteiger partial charge in [-0.3, -0.25) is 5.32 Å². The van der Waals surface area contributed by atoms with E-state index < -0.39 is 0 Å². The van der Waals surface area contributed by atoms with Crippen molar-refractivity contribution in [1.29, 1.82) is 0 Å². The molecule has 120 valence electrons. The fourth-order valence-corrected chi connectivity index (χ4v) is 2.94. The van der Waals surface area contributed by atoms with Gasteiger partial charge in [0.05, 0.1) is 12.1 Å². The highest BCUT2D eigenvalue weighted by atomic mass is 16.5. The van der Waals surface area contributed by atoms with Crippen molar-refractivity contribution in [1.82, 2.24) is 30.2 Å². The van der Waals surface area contributed by atoms with Crippen molar-refractivity contribution in [2.24, 2.45) is 0 Å². The molecular weight excluding hydrogens is 280 g/mol. The minimum absolute atomic E-state index is 0.00959. The third-order valence-electron chi connectivity index (χ3n) is 4.10. The number of nitrogens with zero attached hydrogens (tertiary/aromatic N) is 5. The van der Waals surface area contributed by atoms with Crippen molar-refractivity contribution < 1.29 is 4.52 Å². The van der Waals surface area contributed by atoms with Crippen LogP contribution in [-0.4, -0.2) is 24.9 Å². The molecule has 0 radical (unpaired) electrons. The molecule has 0 fully saturated rings. The topological polar surface area (TPSA) is 81.7 Å². The van der Waals surface area contributed by atoms with Gasteiger partial charge in [0.2, 0.25) is 5.89 Å². The van der Waals surface area contributed by atoms with Gasteiger partial charge in [0.1, 0.15) is 11.6 Å². The second-order valence-corrected chi connectivity index (χ2v) is 5.99. The van der Waals surface area contributed by atoms with Crippen LogP contribution in [0.5, 0.6) is 0 Å². The molecule has 1 aliphatic heterocycles. The molecule has 22 heavy (non-hydrogen) atoms. The largest absolute Gasteiger partial charge is 0.338 e. The van der Waals surface area contributed by atoms with Crippen LogP contribution < -0.4 is 5.32 Å². The lowest BCUT2D eigenvalue weighted by molar-refractivity contribution is 0.320. The van der Waals surface area contributed by atoms with Crippen LogP contribution in [0.3, 0.4) is 0 Å². The summed E-state index contributed by atoms with van der Waals surface area (Å²) in [5, 5.41) is 16.2. The Morgan fingerprint density at radius 2 is 2.09 bits per heavy atom. The molecular formula is C15H24N6O. The van der Waals surface area contributed by atoms with Gasteiger partial charge in [0, 0.05) is 19.4 Å². The predicted molar refractivity (Wildman–Crippen MR) is 81.2 cm³/mol. The van der Waals surface area contributed by atoms with Crippen LogP contribution >= 0.6 is 0 Å². The van der Waals surface area contributed by atoms with Crippen LogP contribution in [-0.2, 0) is 19.4 Å². The standard InChI is InChI=1S/C15H24N6O/c1-4-7-12-17-15(22-20-12)11(3)16-10(2)14-19-18-13-8-5-6-9-21(13)14/h10-11,16H,4-9H2,1-3H3/t10-,11-/m1/s1. The minimum Gasteiger partial charge on any atom is -0.338 e. The lowest BCUT2D eigenvalue weighted by atomic mass is 10.1. The first kappa shape index (κ1) is 15.1. The van der Waals surface area contributed by atoms with Crippen molar-refractivity contribution in [3.8, 4) is 0 Å². The van der Waals surface area contributed by atoms with Gasteiger partial charge in [0.25, 0.3) is 0 Å². The lowest BCUT2D eigenvalue weighted by Crippen LogP contribution is -2.26. The molecule has 0 bridgehead atoms. The summed E-state index contributed by atoms with van der Waals surface area (Å²) in [7, 11) is 0. The van der Waals surface area contributed by atoms with Gasteiger partial charge in [0.15, 0.2) is 5.82 Å². The first-order valence-corrected chi connectivity index (χ1v) is 8.19. The molecule has 3 rings (SSSR count). The second-order valence-electron chi connectivity index (χ2n) is 5.99. The van der Waals surface area contributed by atoms with E-state index in [0.717, 1.165) is 43.3 Å². The van der Waals surface area contributed by atoms with Gasteiger partial charge in [-0.05, 0) is 33.1 Å². The van der Waals surface area contributed by atoms with Gasteiger partial charge < -0.3 is 9.09 Å². The molecule has 1 N–H and O–H groups in total. The lowest BCUT2D eigenvalue weighted by Gasteiger charge is -2.20. The SMILES string of the molecule is CCCc1noc([C@@H](C)N[C@H](C)c2nnc3n2CCCC3)n1. The highest BCUT2D eigenvalue weighted by molar-refractivity contribution is 5.04. The molecule has 0 saturated carbocycles. The summed E-state index contributed by atoms with van der Waals surface area (Å²) in [6, 6.07) is 0.0838. The molecule has 1 aliphatic rings. The maximum absolute atomic E-state index is 5.34. The van der Waals surface area contributed by atoms with Crippen molar-refractivity contribution in [3.63, 3.8) is 0 Å². The fraction of sp³-hybridized carbons (Fsp3) is 0.733. The summed E-state index contributed by atoms with van der Waals surface area (Å²) in [5.41, 5.74) is 0. The van der Waals surface area contributed by atoms with Crippen LogP contribution in [0.15, 0.2) is 4.52 Å². The van der Waals surface area contributed by atoms with Crippen LogP contribution in [0, 0.1) is 0 Å². The Balaban J connectivity index is 1.67. The van der Waals surface area contributed by atoms with Crippen molar-refractivity contribution >= 4 is 0 Å². The van der Waals surface area contributed by atoms with Gasteiger partial charge in [-0.25, -0.2) is 0 Å². The maximum atomic E-state index is 5.34. The molecule has 3 heterocycles. The second kappa shape index (κ2) is 6.56. The normalized spacial score (nSPS) is 17.2. The molecule has 2 aromatic heterocycles. The molecule has 0 aliphatic carbocycles. The van der Waals surface area contributed by atoms with Crippen LogP contribution in [0.1, 0.15) is 75.5 Å². The van der Waals surface area contributed by atoms with E-state index in [2.05, 4.69) is 44.1 Å². The van der Waals surface area contributed by atoms with Crippen LogP contribution in [0.25, 0.3) is 0 Å². The highest BCUT2D eigenvalue weighted by Gasteiger charge is 2.23. The average molecular weight is 304 g/mol. The summed E-state index contributed by atoms with van der Waals surface area (Å²) < 4.78 is 7.58. The van der Waals surface area contributed by atoms with E-state index in [-0.39, 0.29) is 12.1 Å². The van der Waals surface area contributed by atoms with Crippen LogP contribution in [0.2, 0.25) is 0 Å². The number of aromatic nitrogens is 5. The summed E-state index contributed by atoms with van der Waals surface area (Å²) in [6.07, 6.45) is 5.30. The van der Waals surface area contributed by atoms with Gasteiger partial charge >= 0.3 is 0 Å². The Bertz CT molecular complexity index is 619. The fourth-order valence-electron chi connectivity index (χ4n) is 2.94. The maximum Gasteiger partial charge on any atom is 0.243 e. The summed E-state index contributed by atoms with van der Waals surface area (Å²) in [4.78, 5) is 4.44. The third-order valence-corrected chi connectivity index (χ3v) is 4.10. The zero-order valence-electron chi connectivity index (χ0n) is 13.5. The van der Waals surface area contributed by atoms with E-state index >= 15 is 0 Å². The molecule has 2 aromatic rings. The molecule has 0 amide bonds. The quantitative estimate of drug-likeness (QED) is 0.882. The molecule has 0 aromatic carbocycles. The van der Waals surface area contributed by atoms with Crippen LogP contribution in [0.4, 0.5) is 0 Å². The van der Waals surface area contributed by atoms with Crippen molar-refractivity contribution in [2.75, 3.05) is 0 Å². The number of rotatable bonds is 6. The molecule has 7 nitrogen and oxygen atoms in total. The highest BCUT2D eigenvalue weighted by Crippen LogP contribution is 2.21. The Morgan fingerprint density at radius 1 is 1.23 bits per heavy atom. The monoisotopic (exact) mass is 304 g/mol. The molecule has 0 unspecified atom stereocenters. The number of nitrogens with one attached hydrogen (secondary N) is 1. The first-order valence-electron chi connectivity index (χ1n) is 8.19.